The van der Waals surface area contributed by atoms with E-state index < -0.39 is 0 Å². The molecule has 1 N–H and O–H groups in total. The summed E-state index contributed by atoms with van der Waals surface area (Å²) in [5.74, 6) is 0. The molecule has 20 heavy (non-hydrogen) atoms. The highest BCUT2D eigenvalue weighted by atomic mass is 15.3. The minimum absolute atomic E-state index is 0.239. The fraction of sp³-hybridized carbons (Fsp3) is 1.00. The van der Waals surface area contributed by atoms with E-state index in [1.54, 1.807) is 0 Å². The Hall–Kier alpha value is -0.120. The quantitative estimate of drug-likeness (QED) is 0.854. The molecule has 118 valence electrons. The molecule has 2 rings (SSSR count). The van der Waals surface area contributed by atoms with Crippen molar-refractivity contribution in [3.8, 4) is 0 Å². The van der Waals surface area contributed by atoms with Gasteiger partial charge in [-0.25, -0.2) is 0 Å². The van der Waals surface area contributed by atoms with E-state index in [0.717, 1.165) is 0 Å². The molecule has 3 heteroatoms. The van der Waals surface area contributed by atoms with Crippen molar-refractivity contribution in [3.63, 3.8) is 0 Å². The van der Waals surface area contributed by atoms with Gasteiger partial charge in [0.05, 0.1) is 0 Å². The lowest BCUT2D eigenvalue weighted by Crippen LogP contribution is -2.55. The molecule has 1 atom stereocenters. The smallest absolute Gasteiger partial charge is 0.0195 e. The maximum atomic E-state index is 3.78. The molecule has 2 aliphatic rings. The van der Waals surface area contributed by atoms with Crippen LogP contribution in [0, 0.1) is 5.41 Å². The third-order valence-corrected chi connectivity index (χ3v) is 5.16. The van der Waals surface area contributed by atoms with Gasteiger partial charge in [-0.2, -0.15) is 0 Å². The molecule has 1 aliphatic carbocycles. The lowest BCUT2D eigenvalue weighted by molar-refractivity contribution is 0.0529. The Morgan fingerprint density at radius 2 is 1.80 bits per heavy atom. The number of likely N-dealkylation sites (N-methyl/N-ethyl adjacent to an activating group) is 1. The maximum absolute atomic E-state index is 3.78. The Morgan fingerprint density at radius 3 is 2.35 bits per heavy atom. The Kier molecular flexibility index (Phi) is 5.14. The topological polar surface area (TPSA) is 18.5 Å². The van der Waals surface area contributed by atoms with E-state index in [-0.39, 0.29) is 5.54 Å². The zero-order valence-corrected chi connectivity index (χ0v) is 14.3. The number of nitrogens with one attached hydrogen (secondary N) is 1. The first-order valence-corrected chi connectivity index (χ1v) is 8.47. The molecular weight excluding hydrogens is 246 g/mol. The van der Waals surface area contributed by atoms with Gasteiger partial charge in [0, 0.05) is 44.3 Å². The van der Waals surface area contributed by atoms with E-state index in [1.165, 1.54) is 58.4 Å². The Balaban J connectivity index is 1.95. The van der Waals surface area contributed by atoms with Gasteiger partial charge in [0.1, 0.15) is 0 Å². The van der Waals surface area contributed by atoms with Gasteiger partial charge in [0.15, 0.2) is 0 Å². The summed E-state index contributed by atoms with van der Waals surface area (Å²) in [6.45, 7) is 15.4. The molecule has 0 aromatic rings. The predicted molar refractivity (Wildman–Crippen MR) is 87.2 cm³/mol. The summed E-state index contributed by atoms with van der Waals surface area (Å²) in [5, 5.41) is 3.78. The van der Waals surface area contributed by atoms with Gasteiger partial charge >= 0.3 is 0 Å². The van der Waals surface area contributed by atoms with Crippen LogP contribution in [0.4, 0.5) is 0 Å². The Bertz CT molecular complexity index is 302. The van der Waals surface area contributed by atoms with Crippen LogP contribution in [0.15, 0.2) is 0 Å². The SMILES string of the molecule is CC1CN(C)CCN1CC1(CNC(C)(C)C)CCCC1. The second-order valence-electron chi connectivity index (χ2n) is 8.39. The monoisotopic (exact) mass is 281 g/mol. The van der Waals surface area contributed by atoms with Crippen LogP contribution >= 0.6 is 0 Å². The second kappa shape index (κ2) is 6.33. The van der Waals surface area contributed by atoms with Crippen LogP contribution < -0.4 is 5.32 Å². The van der Waals surface area contributed by atoms with Crippen molar-refractivity contribution in [2.24, 2.45) is 5.41 Å². The zero-order chi connectivity index (χ0) is 14.8. The molecule has 1 aliphatic heterocycles. The summed E-state index contributed by atoms with van der Waals surface area (Å²) in [6, 6.07) is 0.709. The summed E-state index contributed by atoms with van der Waals surface area (Å²) in [5.41, 5.74) is 0.765. The van der Waals surface area contributed by atoms with E-state index >= 15 is 0 Å². The van der Waals surface area contributed by atoms with Crippen LogP contribution in [0.25, 0.3) is 0 Å². The zero-order valence-electron chi connectivity index (χ0n) is 14.3. The molecular formula is C17H35N3. The van der Waals surface area contributed by atoms with Crippen molar-refractivity contribution < 1.29 is 0 Å². The molecule has 1 saturated heterocycles. The third-order valence-electron chi connectivity index (χ3n) is 5.16. The number of hydrogen-bond acceptors (Lipinski definition) is 3. The molecule has 2 fully saturated rings. The van der Waals surface area contributed by atoms with Crippen molar-refractivity contribution in [2.45, 2.75) is 65.0 Å². The predicted octanol–water partition coefficient (Wildman–Crippen LogP) is 2.57. The number of nitrogens with zero attached hydrogens (tertiary/aromatic N) is 2. The average molecular weight is 281 g/mol. The lowest BCUT2D eigenvalue weighted by Gasteiger charge is -2.44. The average Bonchev–Trinajstić information content (AvgIpc) is 2.79. The molecule has 1 unspecified atom stereocenters. The van der Waals surface area contributed by atoms with Crippen molar-refractivity contribution in [1.29, 1.82) is 0 Å². The summed E-state index contributed by atoms with van der Waals surface area (Å²) in [6.07, 6.45) is 5.67. The van der Waals surface area contributed by atoms with Crippen molar-refractivity contribution in [1.82, 2.24) is 15.1 Å². The summed E-state index contributed by atoms with van der Waals surface area (Å²) < 4.78 is 0. The highest BCUT2D eigenvalue weighted by molar-refractivity contribution is 4.93. The number of rotatable bonds is 4. The van der Waals surface area contributed by atoms with E-state index in [4.69, 9.17) is 0 Å². The van der Waals surface area contributed by atoms with Gasteiger partial charge in [-0.3, -0.25) is 4.90 Å². The van der Waals surface area contributed by atoms with E-state index in [0.29, 0.717) is 11.5 Å². The van der Waals surface area contributed by atoms with Gasteiger partial charge in [0.25, 0.3) is 0 Å². The second-order valence-corrected chi connectivity index (χ2v) is 8.39. The highest BCUT2D eigenvalue weighted by Gasteiger charge is 2.38. The summed E-state index contributed by atoms with van der Waals surface area (Å²) in [4.78, 5) is 5.21. The molecule has 0 spiro atoms. The van der Waals surface area contributed by atoms with E-state index in [9.17, 15) is 0 Å². The minimum Gasteiger partial charge on any atom is -0.311 e. The molecule has 0 bridgehead atoms. The normalized spacial score (nSPS) is 28.9. The molecule has 0 aromatic carbocycles. The fourth-order valence-corrected chi connectivity index (χ4v) is 3.81. The molecule has 1 saturated carbocycles. The molecule has 0 aromatic heterocycles. The standard InChI is InChI=1S/C17H35N3/c1-15-12-19(5)10-11-20(15)14-17(8-6-7-9-17)13-18-16(2,3)4/h15,18H,6-14H2,1-5H3. The third kappa shape index (κ3) is 4.44. The van der Waals surface area contributed by atoms with Crippen molar-refractivity contribution in [3.05, 3.63) is 0 Å². The molecule has 0 amide bonds. The van der Waals surface area contributed by atoms with Gasteiger partial charge < -0.3 is 10.2 Å². The number of piperazine rings is 1. The van der Waals surface area contributed by atoms with Crippen LogP contribution in [0.2, 0.25) is 0 Å². The Labute approximate surface area is 126 Å². The lowest BCUT2D eigenvalue weighted by atomic mass is 9.84. The largest absolute Gasteiger partial charge is 0.311 e. The minimum atomic E-state index is 0.239. The maximum Gasteiger partial charge on any atom is 0.0195 e. The highest BCUT2D eigenvalue weighted by Crippen LogP contribution is 2.39. The first kappa shape index (κ1) is 16.3. The van der Waals surface area contributed by atoms with Crippen molar-refractivity contribution in [2.75, 3.05) is 39.8 Å². The van der Waals surface area contributed by atoms with Crippen LogP contribution in [-0.2, 0) is 0 Å². The van der Waals surface area contributed by atoms with E-state index in [2.05, 4.69) is 49.9 Å². The van der Waals surface area contributed by atoms with Gasteiger partial charge in [-0.1, -0.05) is 12.8 Å². The molecule has 0 radical (unpaired) electrons. The fourth-order valence-electron chi connectivity index (χ4n) is 3.81. The van der Waals surface area contributed by atoms with E-state index in [1.807, 2.05) is 0 Å². The molecule has 3 nitrogen and oxygen atoms in total. The van der Waals surface area contributed by atoms with Crippen LogP contribution in [-0.4, -0.2) is 61.2 Å². The van der Waals surface area contributed by atoms with Crippen molar-refractivity contribution >= 4 is 0 Å². The summed E-state index contributed by atoms with van der Waals surface area (Å²) in [7, 11) is 2.25. The first-order valence-electron chi connectivity index (χ1n) is 8.47. The first-order chi connectivity index (χ1) is 9.30. The van der Waals surface area contributed by atoms with Gasteiger partial charge in [-0.15, -0.1) is 0 Å². The van der Waals surface area contributed by atoms with Gasteiger partial charge in [-0.05, 0) is 53.0 Å². The number of hydrogen-bond donors (Lipinski definition) is 1. The summed E-state index contributed by atoms with van der Waals surface area (Å²) >= 11 is 0. The van der Waals surface area contributed by atoms with Crippen LogP contribution in [0.1, 0.15) is 53.4 Å². The molecule has 1 heterocycles. The van der Waals surface area contributed by atoms with Gasteiger partial charge in [0.2, 0.25) is 0 Å². The van der Waals surface area contributed by atoms with Crippen LogP contribution in [0.5, 0.6) is 0 Å². The van der Waals surface area contributed by atoms with Crippen LogP contribution in [0.3, 0.4) is 0 Å². The Morgan fingerprint density at radius 1 is 1.15 bits per heavy atom.